The van der Waals surface area contributed by atoms with Crippen LogP contribution in [0, 0.1) is 6.92 Å². The Labute approximate surface area is 105 Å². The molecule has 0 bridgehead atoms. The standard InChI is InChI=1S/C14H14BrN/c1-10-6-7-12(11(2)15)9-13(10)14-5-3-4-8-16-14/h3-9,11H,1-2H3. The van der Waals surface area contributed by atoms with Gasteiger partial charge in [0.1, 0.15) is 0 Å². The lowest BCUT2D eigenvalue weighted by atomic mass is 10.0. The van der Waals surface area contributed by atoms with Gasteiger partial charge in [0.2, 0.25) is 0 Å². The summed E-state index contributed by atoms with van der Waals surface area (Å²) in [6.45, 7) is 4.25. The molecule has 1 heterocycles. The predicted molar refractivity (Wildman–Crippen MR) is 71.8 cm³/mol. The maximum absolute atomic E-state index is 4.39. The van der Waals surface area contributed by atoms with Gasteiger partial charge in [-0.15, -0.1) is 0 Å². The molecule has 1 aromatic carbocycles. The lowest BCUT2D eigenvalue weighted by Crippen LogP contribution is -1.90. The summed E-state index contributed by atoms with van der Waals surface area (Å²) in [7, 11) is 0. The number of hydrogen-bond acceptors (Lipinski definition) is 1. The molecule has 0 spiro atoms. The van der Waals surface area contributed by atoms with Crippen LogP contribution in [0.4, 0.5) is 0 Å². The van der Waals surface area contributed by atoms with Crippen molar-refractivity contribution in [3.63, 3.8) is 0 Å². The zero-order valence-electron chi connectivity index (χ0n) is 9.44. The molecule has 1 unspecified atom stereocenters. The Morgan fingerprint density at radius 3 is 2.62 bits per heavy atom. The van der Waals surface area contributed by atoms with Crippen LogP contribution in [0.1, 0.15) is 22.9 Å². The number of halogens is 1. The molecule has 0 N–H and O–H groups in total. The number of nitrogens with zero attached hydrogens (tertiary/aromatic N) is 1. The second kappa shape index (κ2) is 4.79. The lowest BCUT2D eigenvalue weighted by molar-refractivity contribution is 1.12. The molecule has 2 aromatic rings. The van der Waals surface area contributed by atoms with E-state index in [4.69, 9.17) is 0 Å². The van der Waals surface area contributed by atoms with Crippen LogP contribution in [-0.4, -0.2) is 4.98 Å². The number of aryl methyl sites for hydroxylation is 1. The third-order valence-corrected chi connectivity index (χ3v) is 3.19. The summed E-state index contributed by atoms with van der Waals surface area (Å²) in [4.78, 5) is 4.77. The quantitative estimate of drug-likeness (QED) is 0.735. The zero-order chi connectivity index (χ0) is 11.5. The van der Waals surface area contributed by atoms with Crippen LogP contribution in [0.25, 0.3) is 11.3 Å². The summed E-state index contributed by atoms with van der Waals surface area (Å²) < 4.78 is 0. The average Bonchev–Trinajstić information content (AvgIpc) is 2.30. The Morgan fingerprint density at radius 1 is 1.19 bits per heavy atom. The molecule has 0 fully saturated rings. The molecule has 1 aromatic heterocycles. The maximum atomic E-state index is 4.39. The second-order valence-corrected chi connectivity index (χ2v) is 5.28. The van der Waals surface area contributed by atoms with Crippen molar-refractivity contribution in [1.82, 2.24) is 4.98 Å². The van der Waals surface area contributed by atoms with Crippen molar-refractivity contribution in [3.05, 3.63) is 53.7 Å². The van der Waals surface area contributed by atoms with Crippen molar-refractivity contribution in [3.8, 4) is 11.3 Å². The number of hydrogen-bond donors (Lipinski definition) is 0. The molecule has 0 aliphatic rings. The zero-order valence-corrected chi connectivity index (χ0v) is 11.0. The van der Waals surface area contributed by atoms with Gasteiger partial charge in [-0.2, -0.15) is 0 Å². The Morgan fingerprint density at radius 2 is 2.00 bits per heavy atom. The van der Waals surface area contributed by atoms with E-state index in [0.29, 0.717) is 4.83 Å². The highest BCUT2D eigenvalue weighted by molar-refractivity contribution is 9.09. The molecule has 1 atom stereocenters. The van der Waals surface area contributed by atoms with E-state index in [2.05, 4.69) is 53.0 Å². The first-order valence-electron chi connectivity index (χ1n) is 5.34. The van der Waals surface area contributed by atoms with Crippen molar-refractivity contribution < 1.29 is 0 Å². The molecule has 16 heavy (non-hydrogen) atoms. The maximum Gasteiger partial charge on any atom is 0.0704 e. The largest absolute Gasteiger partial charge is 0.256 e. The highest BCUT2D eigenvalue weighted by Crippen LogP contribution is 2.28. The van der Waals surface area contributed by atoms with Gasteiger partial charge in [0.05, 0.1) is 5.69 Å². The third kappa shape index (κ3) is 2.33. The Balaban J connectivity index is 2.52. The SMILES string of the molecule is Cc1ccc(C(C)Br)cc1-c1ccccn1. The van der Waals surface area contributed by atoms with Gasteiger partial charge < -0.3 is 0 Å². The van der Waals surface area contributed by atoms with Gasteiger partial charge in [-0.1, -0.05) is 34.1 Å². The predicted octanol–water partition coefficient (Wildman–Crippen LogP) is 4.51. The molecule has 0 aliphatic heterocycles. The molecule has 82 valence electrons. The molecule has 0 saturated heterocycles. The van der Waals surface area contributed by atoms with Crippen LogP contribution in [0.5, 0.6) is 0 Å². The number of rotatable bonds is 2. The first-order chi connectivity index (χ1) is 7.68. The first-order valence-corrected chi connectivity index (χ1v) is 6.26. The summed E-state index contributed by atoms with van der Waals surface area (Å²) in [6.07, 6.45) is 1.83. The molecule has 0 amide bonds. The molecule has 2 heteroatoms. The molecule has 0 aliphatic carbocycles. The van der Waals surface area contributed by atoms with Crippen molar-refractivity contribution in [2.24, 2.45) is 0 Å². The number of benzene rings is 1. The van der Waals surface area contributed by atoms with Gasteiger partial charge >= 0.3 is 0 Å². The number of pyridine rings is 1. The summed E-state index contributed by atoms with van der Waals surface area (Å²) in [5.41, 5.74) is 4.79. The highest BCUT2D eigenvalue weighted by Gasteiger charge is 2.06. The summed E-state index contributed by atoms with van der Waals surface area (Å²) >= 11 is 3.59. The van der Waals surface area contributed by atoms with Crippen LogP contribution >= 0.6 is 15.9 Å². The Kier molecular flexibility index (Phi) is 3.39. The minimum absolute atomic E-state index is 0.371. The number of aromatic nitrogens is 1. The van der Waals surface area contributed by atoms with Crippen molar-refractivity contribution in [1.29, 1.82) is 0 Å². The normalized spacial score (nSPS) is 12.4. The van der Waals surface area contributed by atoms with E-state index in [0.717, 1.165) is 5.69 Å². The average molecular weight is 276 g/mol. The van der Waals surface area contributed by atoms with Gasteiger partial charge in [-0.05, 0) is 43.2 Å². The molecule has 0 radical (unpaired) electrons. The molecule has 1 nitrogen and oxygen atoms in total. The topological polar surface area (TPSA) is 12.9 Å². The van der Waals surface area contributed by atoms with Crippen molar-refractivity contribution in [2.45, 2.75) is 18.7 Å². The van der Waals surface area contributed by atoms with Gasteiger partial charge in [0.15, 0.2) is 0 Å². The van der Waals surface area contributed by atoms with E-state index in [-0.39, 0.29) is 0 Å². The van der Waals surface area contributed by atoms with E-state index in [1.54, 1.807) is 0 Å². The third-order valence-electron chi connectivity index (χ3n) is 2.66. The fraction of sp³-hybridized carbons (Fsp3) is 0.214. The fourth-order valence-electron chi connectivity index (χ4n) is 1.69. The minimum Gasteiger partial charge on any atom is -0.256 e. The summed E-state index contributed by atoms with van der Waals surface area (Å²) in [5.74, 6) is 0. The van der Waals surface area contributed by atoms with Crippen LogP contribution in [0.15, 0.2) is 42.6 Å². The fourth-order valence-corrected chi connectivity index (χ4v) is 1.97. The Hall–Kier alpha value is -1.15. The molecular formula is C14H14BrN. The van der Waals surface area contributed by atoms with E-state index in [1.165, 1.54) is 16.7 Å². The van der Waals surface area contributed by atoms with Crippen LogP contribution in [0.3, 0.4) is 0 Å². The first kappa shape index (κ1) is 11.3. The summed E-state index contributed by atoms with van der Waals surface area (Å²) in [5, 5.41) is 0. The van der Waals surface area contributed by atoms with E-state index in [9.17, 15) is 0 Å². The van der Waals surface area contributed by atoms with Crippen LogP contribution in [-0.2, 0) is 0 Å². The number of alkyl halides is 1. The van der Waals surface area contributed by atoms with Gasteiger partial charge in [0.25, 0.3) is 0 Å². The van der Waals surface area contributed by atoms with Crippen LogP contribution in [0.2, 0.25) is 0 Å². The highest BCUT2D eigenvalue weighted by atomic mass is 79.9. The van der Waals surface area contributed by atoms with E-state index < -0.39 is 0 Å². The van der Waals surface area contributed by atoms with Gasteiger partial charge in [-0.25, -0.2) is 0 Å². The van der Waals surface area contributed by atoms with E-state index >= 15 is 0 Å². The minimum atomic E-state index is 0.371. The van der Waals surface area contributed by atoms with Crippen molar-refractivity contribution in [2.75, 3.05) is 0 Å². The Bertz CT molecular complexity index is 477. The van der Waals surface area contributed by atoms with E-state index in [1.807, 2.05) is 24.4 Å². The van der Waals surface area contributed by atoms with Gasteiger partial charge in [-0.3, -0.25) is 4.98 Å². The smallest absolute Gasteiger partial charge is 0.0704 e. The van der Waals surface area contributed by atoms with Crippen molar-refractivity contribution >= 4 is 15.9 Å². The molecule has 0 saturated carbocycles. The summed E-state index contributed by atoms with van der Waals surface area (Å²) in [6, 6.07) is 12.5. The van der Waals surface area contributed by atoms with Gasteiger partial charge in [0, 0.05) is 16.6 Å². The lowest BCUT2D eigenvalue weighted by Gasteiger charge is -2.09. The molecule has 2 rings (SSSR count). The second-order valence-electron chi connectivity index (χ2n) is 3.91. The molecular weight excluding hydrogens is 262 g/mol. The monoisotopic (exact) mass is 275 g/mol. The van der Waals surface area contributed by atoms with Crippen LogP contribution < -0.4 is 0 Å².